The van der Waals surface area contributed by atoms with E-state index in [1.807, 2.05) is 25.1 Å². The van der Waals surface area contributed by atoms with Gasteiger partial charge in [-0.25, -0.2) is 17.7 Å². The number of aromatic nitrogens is 1. The number of methoxy groups -OCH3 is 1. The summed E-state index contributed by atoms with van der Waals surface area (Å²) >= 11 is 7.25. The largest absolute Gasteiger partial charge is 0.495 e. The summed E-state index contributed by atoms with van der Waals surface area (Å²) < 4.78 is 32.2. The molecule has 0 radical (unpaired) electrons. The van der Waals surface area contributed by atoms with E-state index in [-0.39, 0.29) is 23.0 Å². The Bertz CT molecular complexity index is 1210. The molecule has 1 aromatic heterocycles. The summed E-state index contributed by atoms with van der Waals surface area (Å²) in [5.41, 5.74) is 1.58. The number of aryl methyl sites for hydroxylation is 1. The topological polar surface area (TPSA) is 88.6 Å². The fraction of sp³-hybridized carbons (Fsp3) is 0.273. The maximum atomic E-state index is 12.9. The molecule has 170 valence electrons. The minimum atomic E-state index is -3.75. The molecule has 0 aliphatic heterocycles. The Morgan fingerprint density at radius 2 is 2.00 bits per heavy atom. The zero-order valence-corrected chi connectivity index (χ0v) is 20.4. The van der Waals surface area contributed by atoms with Crippen molar-refractivity contribution in [2.45, 2.75) is 18.2 Å². The summed E-state index contributed by atoms with van der Waals surface area (Å²) in [5, 5.41) is 4.09. The molecular weight excluding hydrogens is 470 g/mol. The summed E-state index contributed by atoms with van der Waals surface area (Å²) in [7, 11) is -0.826. The number of rotatable bonds is 10. The van der Waals surface area contributed by atoms with Gasteiger partial charge in [0.15, 0.2) is 5.13 Å². The molecule has 0 saturated carbocycles. The van der Waals surface area contributed by atoms with Gasteiger partial charge >= 0.3 is 0 Å². The van der Waals surface area contributed by atoms with Crippen LogP contribution in [0.1, 0.15) is 27.2 Å². The van der Waals surface area contributed by atoms with Crippen LogP contribution < -0.4 is 10.1 Å². The van der Waals surface area contributed by atoms with Gasteiger partial charge in [-0.15, -0.1) is 0 Å². The first-order valence-electron chi connectivity index (χ1n) is 9.84. The van der Waals surface area contributed by atoms with Gasteiger partial charge < -0.3 is 10.1 Å². The van der Waals surface area contributed by atoms with Crippen molar-refractivity contribution in [2.75, 3.05) is 32.6 Å². The zero-order valence-electron chi connectivity index (χ0n) is 18.0. The Labute approximate surface area is 197 Å². The fourth-order valence-electron chi connectivity index (χ4n) is 3.06. The van der Waals surface area contributed by atoms with Crippen molar-refractivity contribution in [1.29, 1.82) is 0 Å². The third-order valence-corrected chi connectivity index (χ3v) is 7.93. The molecule has 0 bridgehead atoms. The molecule has 0 fully saturated rings. The highest BCUT2D eigenvalue weighted by molar-refractivity contribution is 7.89. The number of nitrogens with one attached hydrogen (secondary N) is 1. The molecule has 0 aliphatic rings. The van der Waals surface area contributed by atoms with Crippen molar-refractivity contribution in [1.82, 2.24) is 9.29 Å². The standard InChI is InChI=1S/C22H24ClN3O4S2/c1-15-7-4-5-8-17(15)21(27)19-14-25-22(31-19)24-11-6-12-26(2)32(28,29)20-13-16(23)9-10-18(20)30-3/h4-5,7-10,13-14H,6,11-12H2,1-3H3,(H,24,25). The van der Waals surface area contributed by atoms with E-state index in [1.54, 1.807) is 18.3 Å². The van der Waals surface area contributed by atoms with E-state index in [0.717, 1.165) is 5.56 Å². The second kappa shape index (κ2) is 10.4. The Balaban J connectivity index is 1.56. The van der Waals surface area contributed by atoms with Crippen molar-refractivity contribution in [3.63, 3.8) is 0 Å². The summed E-state index contributed by atoms with van der Waals surface area (Å²) in [6.07, 6.45) is 2.10. The Morgan fingerprint density at radius 3 is 2.72 bits per heavy atom. The quantitative estimate of drug-likeness (QED) is 0.331. The number of ketones is 1. The predicted octanol–water partition coefficient (Wildman–Crippen LogP) is 4.47. The molecule has 10 heteroatoms. The maximum absolute atomic E-state index is 12.9. The van der Waals surface area contributed by atoms with Gasteiger partial charge in [-0.2, -0.15) is 0 Å². The average Bonchev–Trinajstić information content (AvgIpc) is 3.25. The molecule has 0 amide bonds. The summed E-state index contributed by atoms with van der Waals surface area (Å²) in [6.45, 7) is 2.68. The molecule has 0 saturated heterocycles. The second-order valence-electron chi connectivity index (χ2n) is 7.08. The van der Waals surface area contributed by atoms with Gasteiger partial charge in [0.2, 0.25) is 15.8 Å². The fourth-order valence-corrected chi connectivity index (χ4v) is 5.48. The number of nitrogens with zero attached hydrogens (tertiary/aromatic N) is 2. The van der Waals surface area contributed by atoms with Crippen LogP contribution in [0.25, 0.3) is 0 Å². The second-order valence-corrected chi connectivity index (χ2v) is 10.6. The number of carbonyl (C=O) groups is 1. The Hall–Kier alpha value is -2.46. The van der Waals surface area contributed by atoms with Gasteiger partial charge in [0.05, 0.1) is 18.2 Å². The molecule has 0 atom stereocenters. The normalized spacial score (nSPS) is 11.5. The SMILES string of the molecule is COc1ccc(Cl)cc1S(=O)(=O)N(C)CCCNc1ncc(C(=O)c2ccccc2C)s1. The number of hydrogen-bond donors (Lipinski definition) is 1. The van der Waals surface area contributed by atoms with Crippen LogP contribution in [0.2, 0.25) is 5.02 Å². The van der Waals surface area contributed by atoms with Crippen LogP contribution in [0, 0.1) is 6.92 Å². The molecule has 0 spiro atoms. The molecular formula is C22H24ClN3O4S2. The van der Waals surface area contributed by atoms with Crippen molar-refractivity contribution in [3.8, 4) is 5.75 Å². The molecule has 1 N–H and O–H groups in total. The van der Waals surface area contributed by atoms with Crippen LogP contribution in [0.15, 0.2) is 53.6 Å². The molecule has 0 aliphatic carbocycles. The van der Waals surface area contributed by atoms with Crippen LogP contribution in [0.5, 0.6) is 5.75 Å². The number of anilines is 1. The first-order valence-corrected chi connectivity index (χ1v) is 12.5. The van der Waals surface area contributed by atoms with Crippen LogP contribution in [-0.4, -0.2) is 50.7 Å². The van der Waals surface area contributed by atoms with Gasteiger partial charge in [-0.05, 0) is 37.1 Å². The zero-order chi connectivity index (χ0) is 23.3. The molecule has 3 rings (SSSR count). The lowest BCUT2D eigenvalue weighted by atomic mass is 10.0. The van der Waals surface area contributed by atoms with Crippen LogP contribution in [-0.2, 0) is 10.0 Å². The Morgan fingerprint density at radius 1 is 1.25 bits per heavy atom. The number of halogens is 1. The lowest BCUT2D eigenvalue weighted by Gasteiger charge is -2.19. The number of ether oxygens (including phenoxy) is 1. The number of sulfonamides is 1. The Kier molecular flexibility index (Phi) is 7.89. The number of carbonyl (C=O) groups excluding carboxylic acids is 1. The van der Waals surface area contributed by atoms with Crippen molar-refractivity contribution in [2.24, 2.45) is 0 Å². The molecule has 3 aromatic rings. The van der Waals surface area contributed by atoms with E-state index in [4.69, 9.17) is 16.3 Å². The van der Waals surface area contributed by atoms with Gasteiger partial charge in [0, 0.05) is 30.7 Å². The third kappa shape index (κ3) is 5.47. The molecule has 32 heavy (non-hydrogen) atoms. The van der Waals surface area contributed by atoms with Crippen molar-refractivity contribution >= 4 is 43.9 Å². The number of hydrogen-bond acceptors (Lipinski definition) is 7. The average molecular weight is 494 g/mol. The van der Waals surface area contributed by atoms with Crippen LogP contribution in [0.4, 0.5) is 5.13 Å². The van der Waals surface area contributed by atoms with Crippen molar-refractivity contribution < 1.29 is 17.9 Å². The third-order valence-electron chi connectivity index (χ3n) is 4.86. The van der Waals surface area contributed by atoms with E-state index < -0.39 is 10.0 Å². The smallest absolute Gasteiger partial charge is 0.246 e. The van der Waals surface area contributed by atoms with E-state index in [1.165, 1.54) is 41.9 Å². The molecule has 1 heterocycles. The molecule has 0 unspecified atom stereocenters. The van der Waals surface area contributed by atoms with Gasteiger partial charge in [0.1, 0.15) is 10.6 Å². The highest BCUT2D eigenvalue weighted by atomic mass is 35.5. The minimum Gasteiger partial charge on any atom is -0.495 e. The summed E-state index contributed by atoms with van der Waals surface area (Å²) in [6, 6.07) is 11.9. The number of benzene rings is 2. The van der Waals surface area contributed by atoms with E-state index >= 15 is 0 Å². The summed E-state index contributed by atoms with van der Waals surface area (Å²) in [5.74, 6) is 0.183. The predicted molar refractivity (Wildman–Crippen MR) is 128 cm³/mol. The lowest BCUT2D eigenvalue weighted by Crippen LogP contribution is -2.29. The first-order chi connectivity index (χ1) is 15.2. The summed E-state index contributed by atoms with van der Waals surface area (Å²) in [4.78, 5) is 17.5. The van der Waals surface area contributed by atoms with E-state index in [0.29, 0.717) is 33.6 Å². The van der Waals surface area contributed by atoms with E-state index in [2.05, 4.69) is 10.3 Å². The number of thiazole rings is 1. The van der Waals surface area contributed by atoms with E-state index in [9.17, 15) is 13.2 Å². The highest BCUT2D eigenvalue weighted by Gasteiger charge is 2.25. The van der Waals surface area contributed by atoms with Gasteiger partial charge in [-0.3, -0.25) is 4.79 Å². The van der Waals surface area contributed by atoms with Crippen LogP contribution >= 0.6 is 22.9 Å². The maximum Gasteiger partial charge on any atom is 0.246 e. The van der Waals surface area contributed by atoms with Crippen molar-refractivity contribution in [3.05, 3.63) is 69.7 Å². The van der Waals surface area contributed by atoms with Gasteiger partial charge in [0.25, 0.3) is 0 Å². The molecule has 7 nitrogen and oxygen atoms in total. The lowest BCUT2D eigenvalue weighted by molar-refractivity contribution is 0.104. The van der Waals surface area contributed by atoms with Gasteiger partial charge in [-0.1, -0.05) is 47.2 Å². The molecule has 2 aromatic carbocycles. The minimum absolute atomic E-state index is 0.0299. The first kappa shape index (κ1) is 24.2. The monoisotopic (exact) mass is 493 g/mol. The highest BCUT2D eigenvalue weighted by Crippen LogP contribution is 2.29. The van der Waals surface area contributed by atoms with Crippen LogP contribution in [0.3, 0.4) is 0 Å².